The van der Waals surface area contributed by atoms with Gasteiger partial charge in [-0.2, -0.15) is 0 Å². The lowest BCUT2D eigenvalue weighted by Gasteiger charge is -2.16. The molecular weight excluding hydrogens is 402 g/mol. The summed E-state index contributed by atoms with van der Waals surface area (Å²) in [6.45, 7) is 2.03. The fourth-order valence-electron chi connectivity index (χ4n) is 3.24. The Hall–Kier alpha value is -4.26. The van der Waals surface area contributed by atoms with Crippen molar-refractivity contribution in [2.45, 2.75) is 13.0 Å². The van der Waals surface area contributed by atoms with Crippen molar-refractivity contribution in [3.63, 3.8) is 0 Å². The number of aromatic nitrogens is 3. The number of ether oxygens (including phenoxy) is 1. The first kappa shape index (κ1) is 21.0. The Morgan fingerprint density at radius 3 is 2.69 bits per heavy atom. The minimum Gasteiger partial charge on any atom is -0.497 e. The maximum Gasteiger partial charge on any atom is 0.274 e. The Bertz CT molecular complexity index is 1210. The number of carbonyl (C=O) groups excluding carboxylic acids is 1. The number of amides is 1. The monoisotopic (exact) mass is 425 g/mol. The molecule has 0 saturated carbocycles. The van der Waals surface area contributed by atoms with E-state index in [4.69, 9.17) is 4.74 Å². The molecule has 0 aliphatic rings. The van der Waals surface area contributed by atoms with E-state index in [1.54, 1.807) is 43.9 Å². The molecule has 1 atom stereocenters. The Morgan fingerprint density at radius 2 is 1.88 bits per heavy atom. The highest BCUT2D eigenvalue weighted by molar-refractivity contribution is 6.02. The fourth-order valence-corrected chi connectivity index (χ4v) is 3.24. The molecule has 7 heteroatoms. The van der Waals surface area contributed by atoms with E-state index >= 15 is 0 Å². The number of anilines is 2. The second-order valence-electron chi connectivity index (χ2n) is 7.18. The fraction of sp³-hybridized carbons (Fsp3) is 0.120. The summed E-state index contributed by atoms with van der Waals surface area (Å²) in [5, 5.41) is 6.27. The van der Waals surface area contributed by atoms with Gasteiger partial charge in [-0.15, -0.1) is 0 Å². The number of hydrogen-bond acceptors (Lipinski definition) is 6. The number of nitrogens with zero attached hydrogens (tertiary/aromatic N) is 3. The third-order valence-corrected chi connectivity index (χ3v) is 4.91. The molecule has 0 saturated heterocycles. The maximum atomic E-state index is 12.4. The summed E-state index contributed by atoms with van der Waals surface area (Å²) in [4.78, 5) is 25.5. The molecule has 32 heavy (non-hydrogen) atoms. The summed E-state index contributed by atoms with van der Waals surface area (Å²) in [6.07, 6.45) is 5.00. The van der Waals surface area contributed by atoms with Crippen LogP contribution in [-0.4, -0.2) is 28.0 Å². The number of hydrogen-bond donors (Lipinski definition) is 2. The van der Waals surface area contributed by atoms with Crippen LogP contribution >= 0.6 is 0 Å². The van der Waals surface area contributed by atoms with Crippen molar-refractivity contribution in [2.24, 2.45) is 0 Å². The predicted molar refractivity (Wildman–Crippen MR) is 125 cm³/mol. The Kier molecular flexibility index (Phi) is 6.36. The van der Waals surface area contributed by atoms with Gasteiger partial charge in [0, 0.05) is 17.4 Å². The van der Waals surface area contributed by atoms with Crippen LogP contribution in [0.4, 0.5) is 11.5 Å². The Balaban J connectivity index is 1.48. The normalized spacial score (nSPS) is 11.4. The number of methoxy groups -OCH3 is 1. The molecular formula is C25H23N5O2. The van der Waals surface area contributed by atoms with Gasteiger partial charge in [-0.1, -0.05) is 30.3 Å². The van der Waals surface area contributed by atoms with Crippen molar-refractivity contribution in [2.75, 3.05) is 17.7 Å². The summed E-state index contributed by atoms with van der Waals surface area (Å²) >= 11 is 0. The highest BCUT2D eigenvalue weighted by Crippen LogP contribution is 2.25. The molecule has 2 N–H and O–H groups in total. The maximum absolute atomic E-state index is 12.4. The average Bonchev–Trinajstić information content (AvgIpc) is 2.85. The van der Waals surface area contributed by atoms with Gasteiger partial charge in [0.1, 0.15) is 17.3 Å². The molecule has 0 radical (unpaired) electrons. The lowest BCUT2D eigenvalue weighted by atomic mass is 10.1. The van der Waals surface area contributed by atoms with Gasteiger partial charge < -0.3 is 15.4 Å². The molecule has 160 valence electrons. The molecule has 7 nitrogen and oxygen atoms in total. The third-order valence-electron chi connectivity index (χ3n) is 4.91. The first-order valence-corrected chi connectivity index (χ1v) is 10.2. The van der Waals surface area contributed by atoms with Crippen LogP contribution in [0.15, 0.2) is 85.3 Å². The molecule has 0 aliphatic heterocycles. The van der Waals surface area contributed by atoms with Gasteiger partial charge in [0.2, 0.25) is 0 Å². The van der Waals surface area contributed by atoms with Gasteiger partial charge in [-0.3, -0.25) is 14.8 Å². The topological polar surface area (TPSA) is 89.0 Å². The molecule has 0 aliphatic carbocycles. The standard InChI is InChI=1S/C25H23N5O2/c1-17(18-7-5-9-20(13-18)29-25(31)22-11-3-4-12-27-22)28-24-16-26-15-23(30-24)19-8-6-10-21(14-19)32-2/h3-17H,1-2H3,(H,28,30)(H,29,31)/t17-/m0/s1. The minimum atomic E-state index is -0.250. The van der Waals surface area contributed by atoms with Crippen LogP contribution in [0.25, 0.3) is 11.3 Å². The van der Waals surface area contributed by atoms with Crippen molar-refractivity contribution in [1.29, 1.82) is 0 Å². The van der Waals surface area contributed by atoms with Gasteiger partial charge in [-0.05, 0) is 48.9 Å². The number of carbonyl (C=O) groups is 1. The second-order valence-corrected chi connectivity index (χ2v) is 7.18. The van der Waals surface area contributed by atoms with Crippen molar-refractivity contribution in [1.82, 2.24) is 15.0 Å². The van der Waals surface area contributed by atoms with Crippen LogP contribution in [0, 0.1) is 0 Å². The van der Waals surface area contributed by atoms with Crippen LogP contribution in [-0.2, 0) is 0 Å². The average molecular weight is 425 g/mol. The van der Waals surface area contributed by atoms with E-state index in [2.05, 4.69) is 25.6 Å². The highest BCUT2D eigenvalue weighted by atomic mass is 16.5. The van der Waals surface area contributed by atoms with E-state index in [-0.39, 0.29) is 11.9 Å². The zero-order valence-corrected chi connectivity index (χ0v) is 17.8. The molecule has 1 amide bonds. The lowest BCUT2D eigenvalue weighted by Crippen LogP contribution is -2.14. The van der Waals surface area contributed by atoms with Gasteiger partial charge in [0.25, 0.3) is 5.91 Å². The predicted octanol–water partition coefficient (Wildman–Crippen LogP) is 4.97. The molecule has 4 aromatic rings. The van der Waals surface area contributed by atoms with Gasteiger partial charge >= 0.3 is 0 Å². The molecule has 2 aromatic carbocycles. The smallest absolute Gasteiger partial charge is 0.274 e. The summed E-state index contributed by atoms with van der Waals surface area (Å²) in [6, 6.07) is 20.5. The largest absolute Gasteiger partial charge is 0.497 e. The summed E-state index contributed by atoms with van der Waals surface area (Å²) in [5.41, 5.74) is 3.74. The van der Waals surface area contributed by atoms with Gasteiger partial charge in [-0.25, -0.2) is 4.98 Å². The quantitative estimate of drug-likeness (QED) is 0.434. The molecule has 0 unspecified atom stereocenters. The molecule has 2 aromatic heterocycles. The van der Waals surface area contributed by atoms with Gasteiger partial charge in [0.05, 0.1) is 31.2 Å². The molecule has 0 bridgehead atoms. The third kappa shape index (κ3) is 5.07. The first-order valence-electron chi connectivity index (χ1n) is 10.2. The number of nitrogens with one attached hydrogen (secondary N) is 2. The highest BCUT2D eigenvalue weighted by Gasteiger charge is 2.11. The SMILES string of the molecule is COc1cccc(-c2cncc(N[C@@H](C)c3cccc(NC(=O)c4ccccn4)c3)n2)c1. The summed E-state index contributed by atoms with van der Waals surface area (Å²) < 4.78 is 5.30. The van der Waals surface area contributed by atoms with Crippen LogP contribution < -0.4 is 15.4 Å². The van der Waals surface area contributed by atoms with Crippen LogP contribution in [0.3, 0.4) is 0 Å². The van der Waals surface area contributed by atoms with Crippen LogP contribution in [0.5, 0.6) is 5.75 Å². The first-order chi connectivity index (χ1) is 15.6. The second kappa shape index (κ2) is 9.70. The number of rotatable bonds is 7. The van der Waals surface area contributed by atoms with E-state index in [0.717, 1.165) is 22.6 Å². The Morgan fingerprint density at radius 1 is 1.00 bits per heavy atom. The summed E-state index contributed by atoms with van der Waals surface area (Å²) in [5.74, 6) is 1.17. The zero-order chi connectivity index (χ0) is 22.3. The van der Waals surface area contributed by atoms with E-state index in [1.165, 1.54) is 0 Å². The van der Waals surface area contributed by atoms with Gasteiger partial charge in [0.15, 0.2) is 0 Å². The summed E-state index contributed by atoms with van der Waals surface area (Å²) in [7, 11) is 1.64. The van der Waals surface area contributed by atoms with E-state index in [0.29, 0.717) is 17.2 Å². The molecule has 4 rings (SSSR count). The van der Waals surface area contributed by atoms with E-state index in [9.17, 15) is 4.79 Å². The zero-order valence-electron chi connectivity index (χ0n) is 17.8. The van der Waals surface area contributed by atoms with Crippen molar-refractivity contribution in [3.8, 4) is 17.0 Å². The molecule has 0 spiro atoms. The Labute approximate surface area is 186 Å². The van der Waals surface area contributed by atoms with Crippen molar-refractivity contribution < 1.29 is 9.53 Å². The van der Waals surface area contributed by atoms with E-state index < -0.39 is 0 Å². The van der Waals surface area contributed by atoms with Crippen LogP contribution in [0.1, 0.15) is 29.0 Å². The van der Waals surface area contributed by atoms with Crippen molar-refractivity contribution >= 4 is 17.4 Å². The molecule has 0 fully saturated rings. The lowest BCUT2D eigenvalue weighted by molar-refractivity contribution is 0.102. The number of pyridine rings is 1. The van der Waals surface area contributed by atoms with Crippen LogP contribution in [0.2, 0.25) is 0 Å². The minimum absolute atomic E-state index is 0.0587. The number of benzene rings is 2. The van der Waals surface area contributed by atoms with Crippen molar-refractivity contribution in [3.05, 3.63) is 96.6 Å². The molecule has 2 heterocycles. The van der Waals surface area contributed by atoms with E-state index in [1.807, 2.05) is 55.5 Å².